The van der Waals surface area contributed by atoms with Gasteiger partial charge in [0.05, 0.1) is 6.61 Å². The maximum Gasteiger partial charge on any atom is 0.218 e. The SMILES string of the molecule is CN=C(NCc1cccnc1OCCOC)NC1CCCCC1. The van der Waals surface area contributed by atoms with Gasteiger partial charge >= 0.3 is 0 Å². The molecule has 1 aliphatic carbocycles. The van der Waals surface area contributed by atoms with E-state index < -0.39 is 0 Å². The second kappa shape index (κ2) is 10.0. The minimum absolute atomic E-state index is 0.496. The summed E-state index contributed by atoms with van der Waals surface area (Å²) < 4.78 is 10.7. The Labute approximate surface area is 138 Å². The molecule has 0 unspecified atom stereocenters. The lowest BCUT2D eigenvalue weighted by Gasteiger charge is -2.25. The second-order valence-electron chi connectivity index (χ2n) is 5.71. The van der Waals surface area contributed by atoms with Crippen LogP contribution in [0.2, 0.25) is 0 Å². The highest BCUT2D eigenvalue weighted by molar-refractivity contribution is 5.80. The van der Waals surface area contributed by atoms with E-state index in [0.29, 0.717) is 31.7 Å². The number of hydrogen-bond acceptors (Lipinski definition) is 4. The first-order valence-electron chi connectivity index (χ1n) is 8.36. The van der Waals surface area contributed by atoms with Crippen molar-refractivity contribution < 1.29 is 9.47 Å². The molecule has 0 aliphatic heterocycles. The number of methoxy groups -OCH3 is 1. The first kappa shape index (κ1) is 17.5. The Morgan fingerprint density at radius 2 is 2.13 bits per heavy atom. The molecule has 0 amide bonds. The maximum atomic E-state index is 5.66. The van der Waals surface area contributed by atoms with Crippen molar-refractivity contribution in [3.63, 3.8) is 0 Å². The number of hydrogen-bond donors (Lipinski definition) is 2. The van der Waals surface area contributed by atoms with E-state index in [-0.39, 0.29) is 0 Å². The summed E-state index contributed by atoms with van der Waals surface area (Å²) in [5, 5.41) is 6.86. The van der Waals surface area contributed by atoms with Gasteiger partial charge in [-0.05, 0) is 18.9 Å². The van der Waals surface area contributed by atoms with Crippen LogP contribution in [0.25, 0.3) is 0 Å². The molecule has 1 aliphatic rings. The summed E-state index contributed by atoms with van der Waals surface area (Å²) in [6.07, 6.45) is 8.13. The molecule has 1 fully saturated rings. The largest absolute Gasteiger partial charge is 0.475 e. The zero-order valence-corrected chi connectivity index (χ0v) is 14.2. The van der Waals surface area contributed by atoms with Crippen LogP contribution >= 0.6 is 0 Å². The molecule has 2 N–H and O–H groups in total. The zero-order chi connectivity index (χ0) is 16.3. The van der Waals surface area contributed by atoms with Gasteiger partial charge in [0.15, 0.2) is 5.96 Å². The Bertz CT molecular complexity index is 487. The average Bonchev–Trinajstić information content (AvgIpc) is 2.60. The summed E-state index contributed by atoms with van der Waals surface area (Å²) in [6.45, 7) is 1.67. The third kappa shape index (κ3) is 6.06. The maximum absolute atomic E-state index is 5.66. The highest BCUT2D eigenvalue weighted by Crippen LogP contribution is 2.17. The van der Waals surface area contributed by atoms with Gasteiger partial charge in [-0.15, -0.1) is 0 Å². The van der Waals surface area contributed by atoms with Gasteiger partial charge in [-0.2, -0.15) is 0 Å². The molecule has 23 heavy (non-hydrogen) atoms. The number of aromatic nitrogens is 1. The molecule has 6 nitrogen and oxygen atoms in total. The average molecular weight is 320 g/mol. The fourth-order valence-electron chi connectivity index (χ4n) is 2.72. The predicted molar refractivity (Wildman–Crippen MR) is 91.8 cm³/mol. The molecule has 1 aromatic rings. The highest BCUT2D eigenvalue weighted by atomic mass is 16.5. The molecule has 0 saturated heterocycles. The van der Waals surface area contributed by atoms with Crippen molar-refractivity contribution in [2.45, 2.75) is 44.7 Å². The Morgan fingerprint density at radius 1 is 1.30 bits per heavy atom. The molecule has 0 radical (unpaired) electrons. The van der Waals surface area contributed by atoms with Crippen molar-refractivity contribution >= 4 is 5.96 Å². The van der Waals surface area contributed by atoms with Crippen molar-refractivity contribution in [2.75, 3.05) is 27.4 Å². The number of pyridine rings is 1. The zero-order valence-electron chi connectivity index (χ0n) is 14.2. The van der Waals surface area contributed by atoms with Crippen LogP contribution in [-0.2, 0) is 11.3 Å². The smallest absolute Gasteiger partial charge is 0.218 e. The quantitative estimate of drug-likeness (QED) is 0.457. The molecule has 0 atom stereocenters. The molecular formula is C17H28N4O2. The normalized spacial score (nSPS) is 16.2. The lowest BCUT2D eigenvalue weighted by molar-refractivity contribution is 0.143. The predicted octanol–water partition coefficient (Wildman–Crippen LogP) is 2.10. The van der Waals surface area contributed by atoms with Crippen molar-refractivity contribution in [3.05, 3.63) is 23.9 Å². The summed E-state index contributed by atoms with van der Waals surface area (Å²) in [5.74, 6) is 1.48. The molecule has 2 rings (SSSR count). The van der Waals surface area contributed by atoms with Crippen LogP contribution in [0.15, 0.2) is 23.3 Å². The molecule has 128 valence electrons. The first-order chi connectivity index (χ1) is 11.3. The molecule has 1 aromatic heterocycles. The fourth-order valence-corrected chi connectivity index (χ4v) is 2.72. The molecule has 0 spiro atoms. The topological polar surface area (TPSA) is 67.8 Å². The minimum Gasteiger partial charge on any atom is -0.475 e. The summed E-state index contributed by atoms with van der Waals surface area (Å²) in [7, 11) is 3.46. The second-order valence-corrected chi connectivity index (χ2v) is 5.71. The summed E-state index contributed by atoms with van der Waals surface area (Å²) >= 11 is 0. The van der Waals surface area contributed by atoms with Gasteiger partial charge in [-0.25, -0.2) is 4.98 Å². The molecular weight excluding hydrogens is 292 g/mol. The van der Waals surface area contributed by atoms with Crippen LogP contribution in [-0.4, -0.2) is 44.4 Å². The lowest BCUT2D eigenvalue weighted by Crippen LogP contribution is -2.43. The van der Waals surface area contributed by atoms with E-state index in [2.05, 4.69) is 20.6 Å². The summed E-state index contributed by atoms with van der Waals surface area (Å²) in [6, 6.07) is 4.45. The van der Waals surface area contributed by atoms with Crippen LogP contribution in [0.3, 0.4) is 0 Å². The Hall–Kier alpha value is -1.82. The van der Waals surface area contributed by atoms with Crippen LogP contribution in [0.1, 0.15) is 37.7 Å². The summed E-state index contributed by atoms with van der Waals surface area (Å²) in [5.41, 5.74) is 1.01. The van der Waals surface area contributed by atoms with Crippen LogP contribution < -0.4 is 15.4 Å². The Balaban J connectivity index is 1.85. The van der Waals surface area contributed by atoms with Gasteiger partial charge in [0.2, 0.25) is 5.88 Å². The standard InChI is InChI=1S/C17H28N4O2/c1-18-17(21-15-8-4-3-5-9-15)20-13-14-7-6-10-19-16(14)23-12-11-22-2/h6-7,10,15H,3-5,8-9,11-13H2,1-2H3,(H2,18,20,21). The number of rotatable bonds is 7. The van der Waals surface area contributed by atoms with Crippen molar-refractivity contribution in [1.82, 2.24) is 15.6 Å². The lowest BCUT2D eigenvalue weighted by atomic mass is 9.96. The van der Waals surface area contributed by atoms with Crippen molar-refractivity contribution in [2.24, 2.45) is 4.99 Å². The number of ether oxygens (including phenoxy) is 2. The van der Waals surface area contributed by atoms with Crippen LogP contribution in [0.4, 0.5) is 0 Å². The van der Waals surface area contributed by atoms with E-state index in [0.717, 1.165) is 11.5 Å². The Morgan fingerprint density at radius 3 is 2.87 bits per heavy atom. The molecule has 1 heterocycles. The third-order valence-electron chi connectivity index (χ3n) is 3.99. The fraction of sp³-hybridized carbons (Fsp3) is 0.647. The number of aliphatic imine (C=N–C) groups is 1. The van der Waals surface area contributed by atoms with Crippen molar-refractivity contribution in [1.29, 1.82) is 0 Å². The highest BCUT2D eigenvalue weighted by Gasteiger charge is 2.14. The van der Waals surface area contributed by atoms with E-state index >= 15 is 0 Å². The van der Waals surface area contributed by atoms with Crippen LogP contribution in [0.5, 0.6) is 5.88 Å². The van der Waals surface area contributed by atoms with E-state index in [1.54, 1.807) is 20.4 Å². The number of nitrogens with one attached hydrogen (secondary N) is 2. The molecule has 0 aromatic carbocycles. The Kier molecular flexibility index (Phi) is 7.66. The summed E-state index contributed by atoms with van der Waals surface area (Å²) in [4.78, 5) is 8.61. The van der Waals surface area contributed by atoms with Gasteiger partial charge in [0, 0.05) is 38.5 Å². The van der Waals surface area contributed by atoms with E-state index in [1.807, 2.05) is 12.1 Å². The first-order valence-corrected chi connectivity index (χ1v) is 8.36. The van der Waals surface area contributed by atoms with E-state index in [9.17, 15) is 0 Å². The van der Waals surface area contributed by atoms with Gasteiger partial charge in [0.25, 0.3) is 0 Å². The number of guanidine groups is 1. The van der Waals surface area contributed by atoms with Gasteiger partial charge in [-0.1, -0.05) is 25.3 Å². The third-order valence-corrected chi connectivity index (χ3v) is 3.99. The molecule has 0 bridgehead atoms. The van der Waals surface area contributed by atoms with E-state index in [1.165, 1.54) is 32.1 Å². The molecule has 6 heteroatoms. The van der Waals surface area contributed by atoms with Gasteiger partial charge < -0.3 is 20.1 Å². The minimum atomic E-state index is 0.496. The monoisotopic (exact) mass is 320 g/mol. The number of nitrogens with zero attached hydrogens (tertiary/aromatic N) is 2. The van der Waals surface area contributed by atoms with Crippen LogP contribution in [0, 0.1) is 0 Å². The molecule has 1 saturated carbocycles. The van der Waals surface area contributed by atoms with Crippen molar-refractivity contribution in [3.8, 4) is 5.88 Å². The van der Waals surface area contributed by atoms with E-state index in [4.69, 9.17) is 9.47 Å². The van der Waals surface area contributed by atoms with Gasteiger partial charge in [-0.3, -0.25) is 4.99 Å². The van der Waals surface area contributed by atoms with Gasteiger partial charge in [0.1, 0.15) is 6.61 Å².